The van der Waals surface area contributed by atoms with Crippen LogP contribution in [0.3, 0.4) is 0 Å². The molecule has 1 unspecified atom stereocenters. The van der Waals surface area contributed by atoms with Crippen LogP contribution in [0.1, 0.15) is 106 Å². The number of carbonyl (C=O) groups excluding carboxylic acids is 1. The lowest BCUT2D eigenvalue weighted by molar-refractivity contribution is 0.00818. The van der Waals surface area contributed by atoms with Crippen LogP contribution < -0.4 is 15.8 Å². The molecule has 4 N–H and O–H groups in total. The Hall–Kier alpha value is -0.540. The number of ether oxygens (including phenoxy) is 1. The second-order valence-electron chi connectivity index (χ2n) is 13.4. The van der Waals surface area contributed by atoms with Gasteiger partial charge in [0, 0.05) is 30.5 Å². The smallest absolute Gasteiger partial charge is 0.410 e. The summed E-state index contributed by atoms with van der Waals surface area (Å²) < 4.78 is 21.1. The van der Waals surface area contributed by atoms with E-state index < -0.39 is 17.0 Å². The van der Waals surface area contributed by atoms with E-state index in [-0.39, 0.29) is 16.3 Å². The Morgan fingerprint density at radius 1 is 0.971 bits per heavy atom. The first-order valence-corrected chi connectivity index (χ1v) is 15.0. The molecule has 0 radical (unpaired) electrons. The molecule has 35 heavy (non-hydrogen) atoms. The standard InChI is InChI=1S/C18H34N2O3S.C9H18N2/c1-16(2,3)23-15(21)20-12-10-18(11-13-20)9-7-8-14(18)19-24(22)17(4,5)6;10-8-2-1-3-9(8)4-6-11-7-5-9/h14,19H,7-13H2,1-6H3;8,11H,1-7,10H2/t14-,24?;8-/m11/s1. The number of piperidine rings is 2. The summed E-state index contributed by atoms with van der Waals surface area (Å²) in [5, 5.41) is 3.40. The average Bonchev–Trinajstić information content (AvgIpc) is 3.31. The lowest BCUT2D eigenvalue weighted by Crippen LogP contribution is -2.54. The molecule has 2 heterocycles. The molecule has 4 rings (SSSR count). The molecule has 0 aromatic rings. The molecule has 2 saturated heterocycles. The van der Waals surface area contributed by atoms with Crippen molar-refractivity contribution in [3.63, 3.8) is 0 Å². The van der Waals surface area contributed by atoms with Gasteiger partial charge in [0.2, 0.25) is 0 Å². The van der Waals surface area contributed by atoms with Crippen molar-refractivity contribution in [2.75, 3.05) is 26.2 Å². The Balaban J connectivity index is 0.000000256. The quantitative estimate of drug-likeness (QED) is 0.472. The predicted molar refractivity (Wildman–Crippen MR) is 145 cm³/mol. The minimum absolute atomic E-state index is 0.180. The summed E-state index contributed by atoms with van der Waals surface area (Å²) in [6, 6.07) is 0.794. The van der Waals surface area contributed by atoms with E-state index in [1.54, 1.807) is 0 Å². The minimum atomic E-state index is -1.04. The van der Waals surface area contributed by atoms with Gasteiger partial charge in [-0.15, -0.1) is 4.72 Å². The van der Waals surface area contributed by atoms with Crippen molar-refractivity contribution < 1.29 is 14.1 Å². The van der Waals surface area contributed by atoms with Gasteiger partial charge in [-0.1, -0.05) is 12.8 Å². The lowest BCUT2D eigenvalue weighted by Gasteiger charge is -2.43. The molecule has 0 aromatic heterocycles. The van der Waals surface area contributed by atoms with Gasteiger partial charge in [-0.05, 0) is 117 Å². The summed E-state index contributed by atoms with van der Waals surface area (Å²) in [4.78, 5) is 14.1. The maximum absolute atomic E-state index is 12.5. The zero-order chi connectivity index (χ0) is 25.9. The number of nitrogens with one attached hydrogen (secondary N) is 2. The molecule has 3 atom stereocenters. The third kappa shape index (κ3) is 7.50. The van der Waals surface area contributed by atoms with E-state index in [4.69, 9.17) is 10.5 Å². The van der Waals surface area contributed by atoms with Crippen molar-refractivity contribution >= 4 is 17.5 Å². The van der Waals surface area contributed by atoms with E-state index in [9.17, 15) is 9.35 Å². The van der Waals surface area contributed by atoms with Crippen LogP contribution in [0.2, 0.25) is 0 Å². The van der Waals surface area contributed by atoms with Crippen molar-refractivity contribution in [3.05, 3.63) is 0 Å². The molecule has 204 valence electrons. The Labute approximate surface area is 217 Å². The van der Waals surface area contributed by atoms with Crippen molar-refractivity contribution in [1.29, 1.82) is 0 Å². The summed E-state index contributed by atoms with van der Waals surface area (Å²) in [6.07, 6.45) is 11.8. The summed E-state index contributed by atoms with van der Waals surface area (Å²) in [5.74, 6) is 0. The van der Waals surface area contributed by atoms with Gasteiger partial charge in [-0.25, -0.2) is 4.79 Å². The van der Waals surface area contributed by atoms with E-state index >= 15 is 0 Å². The van der Waals surface area contributed by atoms with E-state index in [0.717, 1.165) is 38.8 Å². The molecule has 0 bridgehead atoms. The molecule has 2 saturated carbocycles. The van der Waals surface area contributed by atoms with E-state index in [2.05, 4.69) is 10.0 Å². The maximum atomic E-state index is 12.5. The van der Waals surface area contributed by atoms with Gasteiger partial charge in [0.05, 0.1) is 6.04 Å². The highest BCUT2D eigenvalue weighted by atomic mass is 32.2. The van der Waals surface area contributed by atoms with Crippen molar-refractivity contribution in [1.82, 2.24) is 14.9 Å². The summed E-state index contributed by atoms with van der Waals surface area (Å²) in [6.45, 7) is 15.5. The number of amides is 1. The number of hydrogen-bond acceptors (Lipinski definition) is 6. The van der Waals surface area contributed by atoms with Crippen LogP contribution in [-0.4, -0.2) is 64.2 Å². The predicted octanol–water partition coefficient (Wildman–Crippen LogP) is 4.48. The number of nitrogens with two attached hydrogens (primary N) is 1. The van der Waals surface area contributed by atoms with Crippen LogP contribution in [0, 0.1) is 10.8 Å². The Morgan fingerprint density at radius 2 is 1.54 bits per heavy atom. The van der Waals surface area contributed by atoms with Gasteiger partial charge in [-0.3, -0.25) is 0 Å². The fraction of sp³-hybridized carbons (Fsp3) is 0.963. The monoisotopic (exact) mass is 512 g/mol. The van der Waals surface area contributed by atoms with Gasteiger partial charge >= 0.3 is 6.09 Å². The number of carbonyl (C=O) groups is 1. The first-order chi connectivity index (χ1) is 16.3. The Kier molecular flexibility index (Phi) is 9.50. The van der Waals surface area contributed by atoms with Crippen molar-refractivity contribution in [2.45, 2.75) is 128 Å². The fourth-order valence-electron chi connectivity index (χ4n) is 6.40. The molecule has 2 aliphatic carbocycles. The number of rotatable bonds is 2. The summed E-state index contributed by atoms with van der Waals surface area (Å²) in [5.41, 5.74) is 6.39. The normalized spacial score (nSPS) is 29.1. The molecule has 4 aliphatic rings. The molecule has 1 amide bonds. The first-order valence-electron chi connectivity index (χ1n) is 13.9. The molecule has 4 fully saturated rings. The maximum Gasteiger partial charge on any atom is 0.410 e. The van der Waals surface area contributed by atoms with Gasteiger partial charge in [-0.2, -0.15) is 0 Å². The Morgan fingerprint density at radius 3 is 2.06 bits per heavy atom. The van der Waals surface area contributed by atoms with Crippen molar-refractivity contribution in [2.24, 2.45) is 16.6 Å². The number of nitrogens with zero attached hydrogens (tertiary/aromatic N) is 1. The van der Waals surface area contributed by atoms with Crippen LogP contribution in [-0.2, 0) is 16.1 Å². The minimum Gasteiger partial charge on any atom is -0.598 e. The molecule has 8 heteroatoms. The number of hydrogen-bond donors (Lipinski definition) is 3. The summed E-state index contributed by atoms with van der Waals surface area (Å²) >= 11 is -1.04. The molecule has 2 spiro atoms. The topological polar surface area (TPSA) is 103 Å². The highest BCUT2D eigenvalue weighted by Gasteiger charge is 2.48. The Bertz CT molecular complexity index is 692. The first kappa shape index (κ1) is 29.0. The van der Waals surface area contributed by atoms with E-state index in [1.807, 2.05) is 46.4 Å². The van der Waals surface area contributed by atoms with Crippen LogP contribution in [0.4, 0.5) is 4.79 Å². The summed E-state index contributed by atoms with van der Waals surface area (Å²) in [7, 11) is 0. The van der Waals surface area contributed by atoms with Crippen LogP contribution >= 0.6 is 0 Å². The second kappa shape index (κ2) is 11.5. The molecule has 0 aromatic carbocycles. The SMILES string of the molecule is CC(C)(C)OC(=O)N1CCC2(CCC[C@H]2N[S+]([O-])C(C)(C)C)CC1.N[C@@H]1CCCC12CCNCC2. The highest BCUT2D eigenvalue weighted by Crippen LogP contribution is 2.47. The van der Waals surface area contributed by atoms with E-state index in [0.29, 0.717) is 17.5 Å². The van der Waals surface area contributed by atoms with Gasteiger partial charge in [0.1, 0.15) is 10.3 Å². The molecular formula is C27H52N4O3S. The third-order valence-corrected chi connectivity index (χ3v) is 10.3. The zero-order valence-corrected chi connectivity index (χ0v) is 24.0. The van der Waals surface area contributed by atoms with E-state index in [1.165, 1.54) is 51.6 Å². The average molecular weight is 513 g/mol. The lowest BCUT2D eigenvalue weighted by atomic mass is 9.74. The van der Waals surface area contributed by atoms with Crippen LogP contribution in [0.25, 0.3) is 0 Å². The van der Waals surface area contributed by atoms with Crippen LogP contribution in [0.5, 0.6) is 0 Å². The third-order valence-electron chi connectivity index (χ3n) is 8.70. The molecule has 7 nitrogen and oxygen atoms in total. The highest BCUT2D eigenvalue weighted by molar-refractivity contribution is 7.90. The van der Waals surface area contributed by atoms with Crippen LogP contribution in [0.15, 0.2) is 0 Å². The molecule has 2 aliphatic heterocycles. The van der Waals surface area contributed by atoms with Crippen molar-refractivity contribution in [3.8, 4) is 0 Å². The zero-order valence-electron chi connectivity index (χ0n) is 23.2. The largest absolute Gasteiger partial charge is 0.598 e. The fourth-order valence-corrected chi connectivity index (χ4v) is 7.38. The van der Waals surface area contributed by atoms with Gasteiger partial charge < -0.3 is 25.2 Å². The molecular weight excluding hydrogens is 460 g/mol. The van der Waals surface area contributed by atoms with Gasteiger partial charge in [0.15, 0.2) is 0 Å². The van der Waals surface area contributed by atoms with Gasteiger partial charge in [0.25, 0.3) is 0 Å². The number of likely N-dealkylation sites (tertiary alicyclic amines) is 1. The second-order valence-corrected chi connectivity index (χ2v) is 15.4.